The molecule has 116 valence electrons. The Kier molecular flexibility index (Phi) is 4.54. The van der Waals surface area contributed by atoms with Crippen LogP contribution in [0.2, 0.25) is 0 Å². The zero-order chi connectivity index (χ0) is 15.5. The highest BCUT2D eigenvalue weighted by molar-refractivity contribution is 7.20. The molecule has 0 atom stereocenters. The van der Waals surface area contributed by atoms with Crippen LogP contribution in [0.25, 0.3) is 4.96 Å². The lowest BCUT2D eigenvalue weighted by atomic mass is 10.2. The number of hydrogen-bond acceptors (Lipinski definition) is 6. The summed E-state index contributed by atoms with van der Waals surface area (Å²) < 4.78 is 1.41. The Morgan fingerprint density at radius 1 is 1.36 bits per heavy atom. The lowest BCUT2D eigenvalue weighted by molar-refractivity contribution is 0.793. The van der Waals surface area contributed by atoms with Crippen molar-refractivity contribution in [2.24, 2.45) is 0 Å². The van der Waals surface area contributed by atoms with Crippen molar-refractivity contribution in [3.63, 3.8) is 0 Å². The van der Waals surface area contributed by atoms with Crippen LogP contribution in [0.5, 0.6) is 0 Å². The predicted octanol–water partition coefficient (Wildman–Crippen LogP) is 3.19. The molecule has 0 saturated carbocycles. The average molecular weight is 334 g/mol. The van der Waals surface area contributed by atoms with E-state index in [1.807, 2.05) is 0 Å². The fourth-order valence-corrected chi connectivity index (χ4v) is 3.97. The van der Waals surface area contributed by atoms with Gasteiger partial charge in [0.05, 0.1) is 6.54 Å². The van der Waals surface area contributed by atoms with Gasteiger partial charge in [-0.05, 0) is 24.8 Å². The maximum absolute atomic E-state index is 12.2. The van der Waals surface area contributed by atoms with Gasteiger partial charge in [-0.2, -0.15) is 4.52 Å². The molecule has 0 amide bonds. The SMILES string of the molecule is CCCc1cc(=O)n2nc(N(CC)Cc3cccs3)sc2n1. The summed E-state index contributed by atoms with van der Waals surface area (Å²) in [6.45, 7) is 5.83. The number of aromatic nitrogens is 3. The van der Waals surface area contributed by atoms with Gasteiger partial charge in [-0.15, -0.1) is 16.4 Å². The van der Waals surface area contributed by atoms with Gasteiger partial charge in [0.1, 0.15) is 0 Å². The Balaban J connectivity index is 1.96. The Hall–Kier alpha value is -1.73. The molecule has 3 aromatic rings. The molecule has 3 aromatic heterocycles. The van der Waals surface area contributed by atoms with E-state index in [4.69, 9.17) is 0 Å². The minimum Gasteiger partial charge on any atom is -0.342 e. The monoisotopic (exact) mass is 334 g/mol. The first-order valence-corrected chi connectivity index (χ1v) is 9.08. The molecule has 0 fully saturated rings. The number of thiophene rings is 1. The van der Waals surface area contributed by atoms with Crippen molar-refractivity contribution >= 4 is 32.8 Å². The maximum atomic E-state index is 12.2. The van der Waals surface area contributed by atoms with Crippen LogP contribution < -0.4 is 10.5 Å². The largest absolute Gasteiger partial charge is 0.342 e. The topological polar surface area (TPSA) is 50.5 Å². The average Bonchev–Trinajstić information content (AvgIpc) is 3.14. The summed E-state index contributed by atoms with van der Waals surface area (Å²) in [6, 6.07) is 5.76. The third-order valence-electron chi connectivity index (χ3n) is 3.37. The van der Waals surface area contributed by atoms with Crippen LogP contribution in [0, 0.1) is 0 Å². The van der Waals surface area contributed by atoms with E-state index in [-0.39, 0.29) is 5.56 Å². The molecule has 3 rings (SSSR count). The minimum absolute atomic E-state index is 0.0943. The van der Waals surface area contributed by atoms with Gasteiger partial charge in [0.2, 0.25) is 10.1 Å². The number of rotatable bonds is 6. The van der Waals surface area contributed by atoms with Gasteiger partial charge < -0.3 is 4.90 Å². The van der Waals surface area contributed by atoms with E-state index < -0.39 is 0 Å². The summed E-state index contributed by atoms with van der Waals surface area (Å²) in [5.41, 5.74) is 0.757. The van der Waals surface area contributed by atoms with E-state index in [0.717, 1.165) is 36.8 Å². The van der Waals surface area contributed by atoms with E-state index in [1.165, 1.54) is 20.7 Å². The molecule has 0 saturated heterocycles. The Bertz CT molecular complexity index is 807. The highest BCUT2D eigenvalue weighted by Gasteiger charge is 2.14. The fourth-order valence-electron chi connectivity index (χ4n) is 2.26. The van der Waals surface area contributed by atoms with Gasteiger partial charge in [-0.25, -0.2) is 4.98 Å². The fraction of sp³-hybridized carbons (Fsp3) is 0.400. The first-order chi connectivity index (χ1) is 10.7. The van der Waals surface area contributed by atoms with Gasteiger partial charge in [0.25, 0.3) is 5.56 Å². The quantitative estimate of drug-likeness (QED) is 0.695. The molecule has 0 aliphatic heterocycles. The molecule has 0 aliphatic carbocycles. The number of nitrogens with zero attached hydrogens (tertiary/aromatic N) is 4. The molecule has 0 aliphatic rings. The zero-order valence-electron chi connectivity index (χ0n) is 12.7. The van der Waals surface area contributed by atoms with Crippen molar-refractivity contribution in [1.29, 1.82) is 0 Å². The molecule has 0 bridgehead atoms. The van der Waals surface area contributed by atoms with Gasteiger partial charge in [0.15, 0.2) is 0 Å². The molecule has 0 aromatic carbocycles. The summed E-state index contributed by atoms with van der Waals surface area (Å²) in [7, 11) is 0. The van der Waals surface area contributed by atoms with Crippen molar-refractivity contribution in [2.45, 2.75) is 33.2 Å². The number of aryl methyl sites for hydroxylation is 1. The summed E-state index contributed by atoms with van der Waals surface area (Å²) in [4.78, 5) is 20.9. The van der Waals surface area contributed by atoms with Crippen molar-refractivity contribution in [3.8, 4) is 0 Å². The number of hydrogen-bond donors (Lipinski definition) is 0. The van der Waals surface area contributed by atoms with Gasteiger partial charge in [-0.3, -0.25) is 4.79 Å². The van der Waals surface area contributed by atoms with Gasteiger partial charge in [-0.1, -0.05) is 30.7 Å². The zero-order valence-corrected chi connectivity index (χ0v) is 14.3. The lowest BCUT2D eigenvalue weighted by Crippen LogP contribution is -2.22. The van der Waals surface area contributed by atoms with E-state index >= 15 is 0 Å². The summed E-state index contributed by atoms with van der Waals surface area (Å²) in [6.07, 6.45) is 1.80. The molecule has 5 nitrogen and oxygen atoms in total. The van der Waals surface area contributed by atoms with Gasteiger partial charge >= 0.3 is 0 Å². The van der Waals surface area contributed by atoms with Crippen molar-refractivity contribution < 1.29 is 0 Å². The Morgan fingerprint density at radius 2 is 2.23 bits per heavy atom. The predicted molar refractivity (Wildman–Crippen MR) is 92.2 cm³/mol. The normalized spacial score (nSPS) is 11.2. The van der Waals surface area contributed by atoms with E-state index in [1.54, 1.807) is 17.4 Å². The first-order valence-electron chi connectivity index (χ1n) is 7.38. The number of anilines is 1. The van der Waals surface area contributed by atoms with Crippen LogP contribution in [-0.4, -0.2) is 21.1 Å². The third-order valence-corrected chi connectivity index (χ3v) is 5.20. The molecule has 0 N–H and O–H groups in total. The summed E-state index contributed by atoms with van der Waals surface area (Å²) in [5.74, 6) is 0. The highest BCUT2D eigenvalue weighted by Crippen LogP contribution is 2.24. The molecular formula is C15H18N4OS2. The van der Waals surface area contributed by atoms with Crippen LogP contribution >= 0.6 is 22.7 Å². The lowest BCUT2D eigenvalue weighted by Gasteiger charge is -2.17. The molecular weight excluding hydrogens is 316 g/mol. The molecule has 0 radical (unpaired) electrons. The van der Waals surface area contributed by atoms with E-state index in [0.29, 0.717) is 4.96 Å². The minimum atomic E-state index is -0.0943. The molecule has 22 heavy (non-hydrogen) atoms. The Morgan fingerprint density at radius 3 is 2.91 bits per heavy atom. The van der Waals surface area contributed by atoms with Crippen LogP contribution in [0.3, 0.4) is 0 Å². The number of fused-ring (bicyclic) bond motifs is 1. The second-order valence-corrected chi connectivity index (χ2v) is 6.97. The van der Waals surface area contributed by atoms with E-state index in [9.17, 15) is 4.79 Å². The third kappa shape index (κ3) is 3.05. The summed E-state index contributed by atoms with van der Waals surface area (Å²) >= 11 is 3.21. The van der Waals surface area contributed by atoms with Crippen LogP contribution in [0.4, 0.5) is 5.13 Å². The first kappa shape index (κ1) is 15.2. The second kappa shape index (κ2) is 6.58. The highest BCUT2D eigenvalue weighted by atomic mass is 32.1. The van der Waals surface area contributed by atoms with E-state index in [2.05, 4.69) is 46.3 Å². The smallest absolute Gasteiger partial charge is 0.275 e. The van der Waals surface area contributed by atoms with Gasteiger partial charge in [0, 0.05) is 23.2 Å². The Labute approximate surface area is 136 Å². The van der Waals surface area contributed by atoms with Crippen LogP contribution in [0.15, 0.2) is 28.4 Å². The molecule has 3 heterocycles. The van der Waals surface area contributed by atoms with Crippen LogP contribution in [0.1, 0.15) is 30.8 Å². The van der Waals surface area contributed by atoms with Crippen molar-refractivity contribution in [3.05, 3.63) is 44.5 Å². The second-order valence-electron chi connectivity index (χ2n) is 5.01. The molecule has 7 heteroatoms. The molecule has 0 unspecified atom stereocenters. The summed E-state index contributed by atoms with van der Waals surface area (Å²) in [5, 5.41) is 7.37. The van der Waals surface area contributed by atoms with Crippen molar-refractivity contribution in [2.75, 3.05) is 11.4 Å². The maximum Gasteiger partial charge on any atom is 0.275 e. The van der Waals surface area contributed by atoms with Crippen LogP contribution in [-0.2, 0) is 13.0 Å². The van der Waals surface area contributed by atoms with Crippen molar-refractivity contribution in [1.82, 2.24) is 14.6 Å². The standard InChI is InChI=1S/C15H18N4OS2/c1-3-6-11-9-13(20)19-14(16-11)22-15(17-19)18(4-2)10-12-7-5-8-21-12/h5,7-9H,3-4,6,10H2,1-2H3. The molecule has 0 spiro atoms.